The van der Waals surface area contributed by atoms with Crippen LogP contribution in [0.25, 0.3) is 0 Å². The summed E-state index contributed by atoms with van der Waals surface area (Å²) in [5, 5.41) is 3.64. The van der Waals surface area contributed by atoms with Crippen molar-refractivity contribution >= 4 is 0 Å². The highest BCUT2D eigenvalue weighted by atomic mass is 16.5. The summed E-state index contributed by atoms with van der Waals surface area (Å²) in [5.41, 5.74) is 4.48. The van der Waals surface area contributed by atoms with Crippen molar-refractivity contribution in [3.05, 3.63) is 28.8 Å². The molecule has 0 aromatic heterocycles. The lowest BCUT2D eigenvalue weighted by molar-refractivity contribution is 0.356. The van der Waals surface area contributed by atoms with Gasteiger partial charge in [0.1, 0.15) is 5.75 Å². The average molecular weight is 231 g/mol. The van der Waals surface area contributed by atoms with E-state index in [0.717, 1.165) is 25.3 Å². The molecule has 1 aromatic rings. The van der Waals surface area contributed by atoms with Crippen LogP contribution in [-0.2, 0) is 19.3 Å². The van der Waals surface area contributed by atoms with Crippen molar-refractivity contribution in [1.82, 2.24) is 5.32 Å². The molecule has 0 saturated heterocycles. The van der Waals surface area contributed by atoms with Crippen molar-refractivity contribution in [2.75, 3.05) is 13.2 Å². The van der Waals surface area contributed by atoms with Gasteiger partial charge in [0.25, 0.3) is 0 Å². The number of nitrogens with one attached hydrogen (secondary N) is 1. The van der Waals surface area contributed by atoms with Gasteiger partial charge in [-0.3, -0.25) is 0 Å². The van der Waals surface area contributed by atoms with Crippen molar-refractivity contribution in [2.24, 2.45) is 0 Å². The Bertz CT molecular complexity index is 414. The minimum absolute atomic E-state index is 0.668. The molecule has 0 fully saturated rings. The van der Waals surface area contributed by atoms with Crippen LogP contribution in [-0.4, -0.2) is 19.2 Å². The van der Waals surface area contributed by atoms with Crippen LogP contribution in [0.5, 0.6) is 5.75 Å². The molecule has 1 aliphatic heterocycles. The van der Waals surface area contributed by atoms with Crippen LogP contribution in [0.4, 0.5) is 0 Å². The lowest BCUT2D eigenvalue weighted by Crippen LogP contribution is -2.34. The van der Waals surface area contributed by atoms with Crippen LogP contribution in [0.15, 0.2) is 12.1 Å². The highest BCUT2D eigenvalue weighted by Crippen LogP contribution is 2.32. The minimum atomic E-state index is 0.668. The highest BCUT2D eigenvalue weighted by molar-refractivity contribution is 5.46. The maximum atomic E-state index is 5.66. The van der Waals surface area contributed by atoms with Crippen LogP contribution in [0, 0.1) is 0 Å². The molecule has 3 rings (SSSR count). The Kier molecular flexibility index (Phi) is 3.06. The summed E-state index contributed by atoms with van der Waals surface area (Å²) >= 11 is 0. The normalized spacial score (nSPS) is 21.8. The molecule has 1 heterocycles. The van der Waals surface area contributed by atoms with E-state index < -0.39 is 0 Å². The van der Waals surface area contributed by atoms with Crippen LogP contribution >= 0.6 is 0 Å². The molecule has 2 nitrogen and oxygen atoms in total. The molecule has 92 valence electrons. The maximum absolute atomic E-state index is 5.66. The van der Waals surface area contributed by atoms with E-state index in [1.807, 2.05) is 0 Å². The van der Waals surface area contributed by atoms with Crippen LogP contribution < -0.4 is 10.1 Å². The zero-order valence-electron chi connectivity index (χ0n) is 10.6. The van der Waals surface area contributed by atoms with Gasteiger partial charge < -0.3 is 10.1 Å². The van der Waals surface area contributed by atoms with Crippen LogP contribution in [0.2, 0.25) is 0 Å². The third-order valence-electron chi connectivity index (χ3n) is 3.92. The Morgan fingerprint density at radius 1 is 1.24 bits per heavy atom. The summed E-state index contributed by atoms with van der Waals surface area (Å²) in [4.78, 5) is 0. The lowest BCUT2D eigenvalue weighted by Gasteiger charge is -2.26. The summed E-state index contributed by atoms with van der Waals surface area (Å²) in [7, 11) is 0. The second-order valence-electron chi connectivity index (χ2n) is 5.22. The SMILES string of the molecule is CCCNC1CCc2cc3c(cc2C1)OCC3. The molecular weight excluding hydrogens is 210 g/mol. The second kappa shape index (κ2) is 4.69. The van der Waals surface area contributed by atoms with E-state index in [-0.39, 0.29) is 0 Å². The van der Waals surface area contributed by atoms with E-state index in [4.69, 9.17) is 4.74 Å². The van der Waals surface area contributed by atoms with E-state index in [2.05, 4.69) is 24.4 Å². The van der Waals surface area contributed by atoms with Crippen LogP contribution in [0.1, 0.15) is 36.5 Å². The van der Waals surface area contributed by atoms with E-state index in [0.29, 0.717) is 6.04 Å². The highest BCUT2D eigenvalue weighted by Gasteiger charge is 2.22. The maximum Gasteiger partial charge on any atom is 0.122 e. The molecule has 17 heavy (non-hydrogen) atoms. The molecule has 1 unspecified atom stereocenters. The first-order valence-electron chi connectivity index (χ1n) is 6.87. The Hall–Kier alpha value is -1.02. The third kappa shape index (κ3) is 2.19. The number of hydrogen-bond donors (Lipinski definition) is 1. The van der Waals surface area contributed by atoms with E-state index >= 15 is 0 Å². The van der Waals surface area contributed by atoms with Crippen molar-refractivity contribution in [3.63, 3.8) is 0 Å². The van der Waals surface area contributed by atoms with Gasteiger partial charge in [-0.15, -0.1) is 0 Å². The number of benzene rings is 1. The van der Waals surface area contributed by atoms with E-state index in [1.165, 1.54) is 36.8 Å². The quantitative estimate of drug-likeness (QED) is 0.863. The van der Waals surface area contributed by atoms with Crippen molar-refractivity contribution in [1.29, 1.82) is 0 Å². The van der Waals surface area contributed by atoms with Gasteiger partial charge >= 0.3 is 0 Å². The monoisotopic (exact) mass is 231 g/mol. The molecule has 0 radical (unpaired) electrons. The zero-order valence-corrected chi connectivity index (χ0v) is 10.6. The molecule has 0 bridgehead atoms. The van der Waals surface area contributed by atoms with Gasteiger partial charge in [-0.05, 0) is 55.0 Å². The smallest absolute Gasteiger partial charge is 0.122 e. The minimum Gasteiger partial charge on any atom is -0.493 e. The number of hydrogen-bond acceptors (Lipinski definition) is 2. The predicted octanol–water partition coefficient (Wildman–Crippen LogP) is 2.48. The number of ether oxygens (including phenoxy) is 1. The second-order valence-corrected chi connectivity index (χ2v) is 5.22. The largest absolute Gasteiger partial charge is 0.493 e. The molecule has 0 amide bonds. The fourth-order valence-electron chi connectivity index (χ4n) is 2.96. The topological polar surface area (TPSA) is 21.3 Å². The Morgan fingerprint density at radius 2 is 2.18 bits per heavy atom. The van der Waals surface area contributed by atoms with Gasteiger partial charge in [-0.25, -0.2) is 0 Å². The van der Waals surface area contributed by atoms with Gasteiger partial charge in [0.05, 0.1) is 6.61 Å². The summed E-state index contributed by atoms with van der Waals surface area (Å²) in [6, 6.07) is 5.34. The summed E-state index contributed by atoms with van der Waals surface area (Å²) < 4.78 is 5.66. The van der Waals surface area contributed by atoms with Gasteiger partial charge in [0.15, 0.2) is 0 Å². The Labute approximate surface area is 103 Å². The first-order valence-corrected chi connectivity index (χ1v) is 6.87. The van der Waals surface area contributed by atoms with Gasteiger partial charge in [0.2, 0.25) is 0 Å². The van der Waals surface area contributed by atoms with Crippen LogP contribution in [0.3, 0.4) is 0 Å². The lowest BCUT2D eigenvalue weighted by atomic mass is 9.86. The number of rotatable bonds is 3. The average Bonchev–Trinajstić information content (AvgIpc) is 2.80. The van der Waals surface area contributed by atoms with E-state index in [1.54, 1.807) is 5.56 Å². The molecule has 0 saturated carbocycles. The summed E-state index contributed by atoms with van der Waals surface area (Å²) in [5.74, 6) is 1.14. The fourth-order valence-corrected chi connectivity index (χ4v) is 2.96. The molecule has 1 atom stereocenters. The Balaban J connectivity index is 1.78. The molecule has 1 N–H and O–H groups in total. The number of aryl methyl sites for hydroxylation is 1. The first kappa shape index (κ1) is 11.1. The third-order valence-corrected chi connectivity index (χ3v) is 3.92. The van der Waals surface area contributed by atoms with Gasteiger partial charge in [0, 0.05) is 12.5 Å². The van der Waals surface area contributed by atoms with E-state index in [9.17, 15) is 0 Å². The number of fused-ring (bicyclic) bond motifs is 2. The summed E-state index contributed by atoms with van der Waals surface area (Å²) in [6.45, 7) is 4.24. The van der Waals surface area contributed by atoms with Crippen molar-refractivity contribution in [3.8, 4) is 5.75 Å². The van der Waals surface area contributed by atoms with Crippen molar-refractivity contribution < 1.29 is 4.74 Å². The molecule has 2 aliphatic rings. The molecular formula is C15H21NO. The molecule has 1 aromatic carbocycles. The summed E-state index contributed by atoms with van der Waals surface area (Å²) in [6.07, 6.45) is 6.00. The zero-order chi connectivity index (χ0) is 11.7. The molecule has 2 heteroatoms. The predicted molar refractivity (Wildman–Crippen MR) is 69.7 cm³/mol. The van der Waals surface area contributed by atoms with Crippen molar-refractivity contribution in [2.45, 2.75) is 45.1 Å². The fraction of sp³-hybridized carbons (Fsp3) is 0.600. The molecule has 0 spiro atoms. The Morgan fingerprint density at radius 3 is 3.06 bits per heavy atom. The standard InChI is InChI=1S/C15H21NO/c1-2-6-16-14-4-3-11-8-12-5-7-17-15(12)10-13(11)9-14/h8,10,14,16H,2-7,9H2,1H3. The molecule has 1 aliphatic carbocycles. The van der Waals surface area contributed by atoms with Gasteiger partial charge in [-0.1, -0.05) is 13.0 Å². The first-order chi connectivity index (χ1) is 8.36. The van der Waals surface area contributed by atoms with Gasteiger partial charge in [-0.2, -0.15) is 0 Å².